The van der Waals surface area contributed by atoms with Gasteiger partial charge in [-0.25, -0.2) is 18.1 Å². The number of hydrogen-bond acceptors (Lipinski definition) is 8. The minimum absolute atomic E-state index is 0.137. The molecule has 1 aromatic carbocycles. The Kier molecular flexibility index (Phi) is 8.28. The number of nitrogens with one attached hydrogen (secondary N) is 3. The van der Waals surface area contributed by atoms with Crippen LogP contribution in [0.15, 0.2) is 35.5 Å². The molecule has 0 unspecified atom stereocenters. The van der Waals surface area contributed by atoms with Gasteiger partial charge in [-0.05, 0) is 56.4 Å². The third-order valence-electron chi connectivity index (χ3n) is 6.69. The fourth-order valence-corrected chi connectivity index (χ4v) is 5.60. The molecule has 2 heterocycles. The summed E-state index contributed by atoms with van der Waals surface area (Å²) in [4.78, 5) is 26.0. The van der Waals surface area contributed by atoms with Crippen molar-refractivity contribution in [3.63, 3.8) is 0 Å². The topological polar surface area (TPSA) is 157 Å². The van der Waals surface area contributed by atoms with Gasteiger partial charge in [0.2, 0.25) is 21.9 Å². The van der Waals surface area contributed by atoms with Gasteiger partial charge in [-0.15, -0.1) is 0 Å². The van der Waals surface area contributed by atoms with Crippen molar-refractivity contribution >= 4 is 44.5 Å². The van der Waals surface area contributed by atoms with Gasteiger partial charge in [0, 0.05) is 24.8 Å². The minimum atomic E-state index is -3.58. The first-order valence-corrected chi connectivity index (χ1v) is 14.3. The van der Waals surface area contributed by atoms with E-state index in [1.807, 2.05) is 11.5 Å². The Hall–Kier alpha value is -3.25. The summed E-state index contributed by atoms with van der Waals surface area (Å²) in [5, 5.41) is 6.60. The first-order chi connectivity index (χ1) is 17.7. The molecule has 0 radical (unpaired) electrons. The zero-order valence-corrected chi connectivity index (χ0v) is 22.4. The summed E-state index contributed by atoms with van der Waals surface area (Å²) in [6.45, 7) is 7.17. The SMILES string of the molecule is CCn1cnc2c(Nc3ccc(S(=O)(=O)NCCC(C)C)cc3)nc(N[C@@H]3CCCC[C@@H]3C(N)=O)nc21. The third-order valence-corrected chi connectivity index (χ3v) is 8.17. The minimum Gasteiger partial charge on any atom is -0.369 e. The summed E-state index contributed by atoms with van der Waals surface area (Å²) in [5.41, 5.74) is 7.56. The van der Waals surface area contributed by atoms with Crippen LogP contribution in [-0.4, -0.2) is 46.4 Å². The highest BCUT2D eigenvalue weighted by Gasteiger charge is 2.30. The predicted molar refractivity (Wildman–Crippen MR) is 144 cm³/mol. The number of amides is 1. The normalized spacial score (nSPS) is 18.3. The lowest BCUT2D eigenvalue weighted by Gasteiger charge is -2.30. The molecular formula is C25H36N8O3S. The number of benzene rings is 1. The summed E-state index contributed by atoms with van der Waals surface area (Å²) >= 11 is 0. The Morgan fingerprint density at radius 2 is 1.89 bits per heavy atom. The highest BCUT2D eigenvalue weighted by atomic mass is 32.2. The number of imidazole rings is 1. The number of hydrogen-bond donors (Lipinski definition) is 4. The van der Waals surface area contributed by atoms with Crippen molar-refractivity contribution in [1.82, 2.24) is 24.2 Å². The zero-order valence-electron chi connectivity index (χ0n) is 21.6. The molecule has 1 amide bonds. The maximum atomic E-state index is 12.6. The molecule has 200 valence electrons. The smallest absolute Gasteiger partial charge is 0.240 e. The molecule has 2 atom stereocenters. The van der Waals surface area contributed by atoms with Crippen LogP contribution in [0, 0.1) is 11.8 Å². The Morgan fingerprint density at radius 1 is 1.16 bits per heavy atom. The van der Waals surface area contributed by atoms with E-state index in [-0.39, 0.29) is 22.8 Å². The van der Waals surface area contributed by atoms with E-state index in [1.165, 1.54) is 0 Å². The number of carbonyl (C=O) groups is 1. The van der Waals surface area contributed by atoms with E-state index in [0.29, 0.717) is 47.6 Å². The Balaban J connectivity index is 1.58. The fraction of sp³-hybridized carbons (Fsp3) is 0.520. The van der Waals surface area contributed by atoms with Crippen LogP contribution in [0.2, 0.25) is 0 Å². The van der Waals surface area contributed by atoms with Crippen LogP contribution in [0.1, 0.15) is 52.9 Å². The average Bonchev–Trinajstić information content (AvgIpc) is 3.27. The van der Waals surface area contributed by atoms with Gasteiger partial charge >= 0.3 is 0 Å². The van der Waals surface area contributed by atoms with Crippen molar-refractivity contribution in [2.24, 2.45) is 17.6 Å². The number of aromatic nitrogens is 4. The molecule has 5 N–H and O–H groups in total. The van der Waals surface area contributed by atoms with Gasteiger partial charge in [-0.2, -0.15) is 9.97 Å². The van der Waals surface area contributed by atoms with Gasteiger partial charge in [-0.3, -0.25) is 4.79 Å². The number of carbonyl (C=O) groups excluding carboxylic acids is 1. The molecule has 12 heteroatoms. The molecule has 1 aliphatic carbocycles. The van der Waals surface area contributed by atoms with Gasteiger partial charge in [0.05, 0.1) is 17.1 Å². The lowest BCUT2D eigenvalue weighted by Crippen LogP contribution is -2.40. The molecule has 2 aromatic heterocycles. The molecule has 0 saturated heterocycles. The number of nitrogens with zero attached hydrogens (tertiary/aromatic N) is 4. The van der Waals surface area contributed by atoms with E-state index < -0.39 is 10.0 Å². The summed E-state index contributed by atoms with van der Waals surface area (Å²) in [6, 6.07) is 6.36. The third kappa shape index (κ3) is 6.37. The Labute approximate surface area is 217 Å². The number of nitrogens with two attached hydrogens (primary N) is 1. The van der Waals surface area contributed by atoms with Crippen LogP contribution < -0.4 is 21.1 Å². The van der Waals surface area contributed by atoms with Gasteiger partial charge in [0.15, 0.2) is 17.0 Å². The maximum Gasteiger partial charge on any atom is 0.240 e. The van der Waals surface area contributed by atoms with E-state index >= 15 is 0 Å². The average molecular weight is 529 g/mol. The fourth-order valence-electron chi connectivity index (χ4n) is 4.56. The lowest BCUT2D eigenvalue weighted by molar-refractivity contribution is -0.122. The first kappa shape index (κ1) is 26.8. The van der Waals surface area contributed by atoms with E-state index in [2.05, 4.69) is 44.2 Å². The van der Waals surface area contributed by atoms with Crippen molar-refractivity contribution in [2.75, 3.05) is 17.2 Å². The van der Waals surface area contributed by atoms with Gasteiger partial charge in [-0.1, -0.05) is 26.7 Å². The predicted octanol–water partition coefficient (Wildman–Crippen LogP) is 3.37. The van der Waals surface area contributed by atoms with Crippen LogP contribution >= 0.6 is 0 Å². The molecule has 37 heavy (non-hydrogen) atoms. The second-order valence-corrected chi connectivity index (χ2v) is 11.6. The largest absolute Gasteiger partial charge is 0.369 e. The Morgan fingerprint density at radius 3 is 2.57 bits per heavy atom. The van der Waals surface area contributed by atoms with E-state index in [4.69, 9.17) is 5.73 Å². The number of fused-ring (bicyclic) bond motifs is 1. The summed E-state index contributed by atoms with van der Waals surface area (Å²) in [7, 11) is -3.58. The molecule has 4 rings (SSSR count). The van der Waals surface area contributed by atoms with Crippen molar-refractivity contribution in [1.29, 1.82) is 0 Å². The number of primary amides is 1. The van der Waals surface area contributed by atoms with Crippen LogP contribution in [0.4, 0.5) is 17.5 Å². The number of aryl methyl sites for hydroxylation is 1. The molecular weight excluding hydrogens is 492 g/mol. The van der Waals surface area contributed by atoms with Crippen LogP contribution in [-0.2, 0) is 21.4 Å². The van der Waals surface area contributed by atoms with Crippen LogP contribution in [0.25, 0.3) is 11.2 Å². The Bertz CT molecular complexity index is 1340. The monoisotopic (exact) mass is 528 g/mol. The van der Waals surface area contributed by atoms with Gasteiger partial charge in [0.25, 0.3) is 0 Å². The second-order valence-electron chi connectivity index (χ2n) is 9.87. The summed E-state index contributed by atoms with van der Waals surface area (Å²) in [5.74, 6) is 0.691. The molecule has 0 bridgehead atoms. The number of rotatable bonds is 11. The first-order valence-electron chi connectivity index (χ1n) is 12.8. The number of anilines is 3. The zero-order chi connectivity index (χ0) is 26.6. The molecule has 1 fully saturated rings. The van der Waals surface area contributed by atoms with E-state index in [9.17, 15) is 13.2 Å². The highest BCUT2D eigenvalue weighted by molar-refractivity contribution is 7.89. The van der Waals surface area contributed by atoms with Crippen LogP contribution in [0.3, 0.4) is 0 Å². The van der Waals surface area contributed by atoms with Crippen molar-refractivity contribution in [2.45, 2.75) is 70.4 Å². The number of sulfonamides is 1. The second kappa shape index (κ2) is 11.4. The summed E-state index contributed by atoms with van der Waals surface area (Å²) in [6.07, 6.45) is 6.01. The lowest BCUT2D eigenvalue weighted by atomic mass is 9.84. The molecule has 11 nitrogen and oxygen atoms in total. The molecule has 0 aliphatic heterocycles. The quantitative estimate of drug-likeness (QED) is 0.295. The summed E-state index contributed by atoms with van der Waals surface area (Å²) < 4.78 is 29.8. The highest BCUT2D eigenvalue weighted by Crippen LogP contribution is 2.29. The van der Waals surface area contributed by atoms with Gasteiger partial charge < -0.3 is 20.9 Å². The maximum absolute atomic E-state index is 12.6. The molecule has 1 aliphatic rings. The van der Waals surface area contributed by atoms with E-state index in [0.717, 1.165) is 32.1 Å². The molecule has 1 saturated carbocycles. The van der Waals surface area contributed by atoms with Crippen molar-refractivity contribution < 1.29 is 13.2 Å². The van der Waals surface area contributed by atoms with Gasteiger partial charge in [0.1, 0.15) is 0 Å². The van der Waals surface area contributed by atoms with Crippen molar-refractivity contribution in [3.05, 3.63) is 30.6 Å². The molecule has 0 spiro atoms. The molecule has 3 aromatic rings. The van der Waals surface area contributed by atoms with Crippen LogP contribution in [0.5, 0.6) is 0 Å². The van der Waals surface area contributed by atoms with Crippen molar-refractivity contribution in [3.8, 4) is 0 Å². The standard InChI is InChI=1S/C25H36N8O3S/c1-4-33-15-27-21-23(29-17-9-11-18(12-10-17)37(35,36)28-14-13-16(2)3)31-25(32-24(21)33)30-20-8-6-5-7-19(20)22(26)34/h9-12,15-16,19-20,28H,4-8,13-14H2,1-3H3,(H2,26,34)(H2,29,30,31,32)/t19-,20+/m0/s1. The van der Waals surface area contributed by atoms with E-state index in [1.54, 1.807) is 30.6 Å².